The Balaban J connectivity index is 1.08. The number of rotatable bonds is 5. The van der Waals surface area contributed by atoms with Crippen molar-refractivity contribution in [3.05, 3.63) is 211 Å². The van der Waals surface area contributed by atoms with E-state index in [0.29, 0.717) is 5.42 Å². The molecule has 0 bridgehead atoms. The van der Waals surface area contributed by atoms with E-state index < -0.39 is 0 Å². The van der Waals surface area contributed by atoms with Gasteiger partial charge in [0.25, 0.3) is 0 Å². The fraction of sp³-hybridized carbons (Fsp3) is 0. The van der Waals surface area contributed by atoms with Crippen LogP contribution in [0.25, 0.3) is 116 Å². The van der Waals surface area contributed by atoms with Crippen molar-refractivity contribution in [2.24, 2.45) is 0 Å². The monoisotopic (exact) mass is 724 g/mol. The zero-order valence-corrected chi connectivity index (χ0v) is 31.3. The lowest BCUT2D eigenvalue weighted by Gasteiger charge is -2.18. The summed E-state index contributed by atoms with van der Waals surface area (Å²) in [6, 6.07) is 67.8. The minimum absolute atomic E-state index is 0.627. The summed E-state index contributed by atoms with van der Waals surface area (Å²) >= 11 is 0. The number of furan rings is 1. The molecule has 1 heteroatoms. The fourth-order valence-electron chi connectivity index (χ4n) is 9.14. The van der Waals surface area contributed by atoms with Gasteiger partial charge in [-0.05, 0) is 123 Å². The first-order valence-corrected chi connectivity index (χ1v) is 19.5. The second kappa shape index (κ2) is 13.1. The van der Waals surface area contributed by atoms with Gasteiger partial charge in [0.2, 0.25) is 0 Å². The molecule has 1 aromatic heterocycles. The third kappa shape index (κ3) is 5.32. The molecule has 266 valence electrons. The maximum Gasteiger partial charge on any atom is 0.135 e. The van der Waals surface area contributed by atoms with Crippen molar-refractivity contribution in [3.8, 4) is 33.4 Å². The Morgan fingerprint density at radius 1 is 0.404 bits per heavy atom. The summed E-state index contributed by atoms with van der Waals surface area (Å²) in [5, 5.41) is 14.1. The highest BCUT2D eigenvalue weighted by Gasteiger charge is 2.18. The smallest absolute Gasteiger partial charge is 0.135 e. The standard InChI is InChI=1S/C56H36O/c1-35(32-52-36(2)57-54-31-29-40(34-53(52)54)45-26-13-27-46-43-20-6-4-15-38(43)28-30-47(45)46)55-48-21-7-9-23-50(48)56(51-24-10-8-22-49(51)55)41-18-11-17-39(33-41)44-25-12-16-37-14-3-5-19-42(37)44/h3-34H,1-2H2/b52-32+. The van der Waals surface area contributed by atoms with Gasteiger partial charge in [-0.25, -0.2) is 0 Å². The average Bonchev–Trinajstić information content (AvgIpc) is 3.58. The van der Waals surface area contributed by atoms with Crippen LogP contribution in [0.4, 0.5) is 0 Å². The molecule has 1 nitrogen and oxygen atoms in total. The van der Waals surface area contributed by atoms with Crippen molar-refractivity contribution in [1.82, 2.24) is 0 Å². The minimum Gasteiger partial charge on any atom is -0.457 e. The van der Waals surface area contributed by atoms with Crippen LogP contribution in [-0.4, -0.2) is 0 Å². The Labute approximate surface area is 330 Å². The minimum atomic E-state index is 0.627. The summed E-state index contributed by atoms with van der Waals surface area (Å²) in [6.45, 7) is 9.14. The van der Waals surface area contributed by atoms with Gasteiger partial charge in [-0.2, -0.15) is 0 Å². The molecule has 57 heavy (non-hydrogen) atoms. The molecular weight excluding hydrogens is 689 g/mol. The normalized spacial score (nSPS) is 12.1. The van der Waals surface area contributed by atoms with E-state index in [0.717, 1.165) is 43.7 Å². The van der Waals surface area contributed by atoms with E-state index in [2.05, 4.69) is 201 Å². The van der Waals surface area contributed by atoms with Crippen LogP contribution in [-0.2, 0) is 0 Å². The molecular formula is C56H36O. The molecule has 11 rings (SSSR count). The molecule has 0 atom stereocenters. The molecule has 0 saturated heterocycles. The van der Waals surface area contributed by atoms with Crippen molar-refractivity contribution in [2.45, 2.75) is 0 Å². The lowest BCUT2D eigenvalue weighted by atomic mass is 9.85. The predicted octanol–water partition coefficient (Wildman–Crippen LogP) is 14.1. The van der Waals surface area contributed by atoms with Gasteiger partial charge in [-0.1, -0.05) is 183 Å². The quantitative estimate of drug-likeness (QED) is 0.127. The molecule has 11 aromatic rings. The number of benzene rings is 10. The number of hydrogen-bond donors (Lipinski definition) is 0. The van der Waals surface area contributed by atoms with Crippen LogP contribution in [0.5, 0.6) is 0 Å². The molecule has 0 aliphatic rings. The summed E-state index contributed by atoms with van der Waals surface area (Å²) in [5.74, 6) is 0. The lowest BCUT2D eigenvalue weighted by Crippen LogP contribution is -2.18. The first kappa shape index (κ1) is 32.9. The van der Waals surface area contributed by atoms with Gasteiger partial charge < -0.3 is 4.42 Å². The van der Waals surface area contributed by atoms with E-state index in [1.165, 1.54) is 70.9 Å². The van der Waals surface area contributed by atoms with Gasteiger partial charge >= 0.3 is 0 Å². The van der Waals surface area contributed by atoms with Crippen LogP contribution in [0.1, 0.15) is 5.56 Å². The van der Waals surface area contributed by atoms with Crippen LogP contribution in [0.15, 0.2) is 199 Å². The zero-order valence-electron chi connectivity index (χ0n) is 31.3. The Morgan fingerprint density at radius 3 is 1.70 bits per heavy atom. The highest BCUT2D eigenvalue weighted by molar-refractivity contribution is 6.21. The summed E-state index contributed by atoms with van der Waals surface area (Å²) in [4.78, 5) is 0. The highest BCUT2D eigenvalue weighted by Crippen LogP contribution is 2.43. The van der Waals surface area contributed by atoms with Crippen molar-refractivity contribution < 1.29 is 4.42 Å². The lowest BCUT2D eigenvalue weighted by molar-refractivity contribution is 0.577. The summed E-state index contributed by atoms with van der Waals surface area (Å²) in [5.41, 5.74) is 10.6. The molecule has 0 unspecified atom stereocenters. The highest BCUT2D eigenvalue weighted by atomic mass is 16.3. The van der Waals surface area contributed by atoms with Crippen molar-refractivity contribution in [1.29, 1.82) is 0 Å². The molecule has 0 fully saturated rings. The Bertz CT molecular complexity index is 3500. The van der Waals surface area contributed by atoms with Crippen molar-refractivity contribution in [3.63, 3.8) is 0 Å². The first-order chi connectivity index (χ1) is 28.1. The van der Waals surface area contributed by atoms with Gasteiger partial charge in [0, 0.05) is 10.6 Å². The van der Waals surface area contributed by atoms with E-state index in [1.54, 1.807) is 0 Å². The fourth-order valence-corrected chi connectivity index (χ4v) is 9.14. The topological polar surface area (TPSA) is 13.1 Å². The number of fused-ring (bicyclic) bond motifs is 7. The Kier molecular flexibility index (Phi) is 7.55. The molecule has 0 radical (unpaired) electrons. The Hall–Kier alpha value is -7.48. The summed E-state index contributed by atoms with van der Waals surface area (Å²) < 4.78 is 6.31. The maximum atomic E-state index is 6.31. The van der Waals surface area contributed by atoms with Crippen molar-refractivity contribution >= 4 is 83.1 Å². The summed E-state index contributed by atoms with van der Waals surface area (Å²) in [6.07, 6.45) is 2.17. The van der Waals surface area contributed by atoms with Crippen molar-refractivity contribution in [2.75, 3.05) is 0 Å². The van der Waals surface area contributed by atoms with Crippen LogP contribution in [0.2, 0.25) is 0 Å². The predicted molar refractivity (Wildman–Crippen MR) is 245 cm³/mol. The molecule has 0 saturated carbocycles. The van der Waals surface area contributed by atoms with E-state index >= 15 is 0 Å². The van der Waals surface area contributed by atoms with E-state index in [9.17, 15) is 0 Å². The molecule has 0 amide bonds. The van der Waals surface area contributed by atoms with Crippen LogP contribution in [0.3, 0.4) is 0 Å². The molecule has 0 spiro atoms. The third-order valence-corrected chi connectivity index (χ3v) is 11.7. The van der Waals surface area contributed by atoms with E-state index in [4.69, 9.17) is 11.0 Å². The van der Waals surface area contributed by atoms with Crippen LogP contribution in [0, 0.1) is 0 Å². The SMILES string of the molecule is C=C(/C=c1\c(=C)oc2ccc(-c3cccc4c3ccc3ccccc34)cc12)c1c2ccccc2c(-c2cccc(-c3cccc4ccccc34)c2)c2ccccc12. The van der Waals surface area contributed by atoms with Gasteiger partial charge in [0.1, 0.15) is 11.0 Å². The molecule has 1 heterocycles. The number of allylic oxidation sites excluding steroid dienone is 1. The largest absolute Gasteiger partial charge is 0.457 e. The molecule has 0 N–H and O–H groups in total. The van der Waals surface area contributed by atoms with Crippen LogP contribution < -0.4 is 10.6 Å². The molecule has 10 aromatic carbocycles. The second-order valence-electron chi connectivity index (χ2n) is 15.0. The van der Waals surface area contributed by atoms with E-state index in [-0.39, 0.29) is 0 Å². The zero-order chi connectivity index (χ0) is 38.0. The second-order valence-corrected chi connectivity index (χ2v) is 15.0. The van der Waals surface area contributed by atoms with Gasteiger partial charge in [-0.15, -0.1) is 0 Å². The van der Waals surface area contributed by atoms with Gasteiger partial charge in [0.15, 0.2) is 0 Å². The van der Waals surface area contributed by atoms with Crippen LogP contribution >= 0.6 is 0 Å². The van der Waals surface area contributed by atoms with Gasteiger partial charge in [-0.3, -0.25) is 0 Å². The summed E-state index contributed by atoms with van der Waals surface area (Å²) in [7, 11) is 0. The van der Waals surface area contributed by atoms with E-state index in [1.807, 2.05) is 0 Å². The average molecular weight is 725 g/mol. The molecule has 0 aliphatic carbocycles. The number of hydrogen-bond acceptors (Lipinski definition) is 1. The maximum absolute atomic E-state index is 6.31. The molecule has 0 aliphatic heterocycles. The first-order valence-electron chi connectivity index (χ1n) is 19.5. The Morgan fingerprint density at radius 2 is 0.947 bits per heavy atom. The van der Waals surface area contributed by atoms with Gasteiger partial charge in [0.05, 0.1) is 0 Å². The third-order valence-electron chi connectivity index (χ3n) is 11.7.